The minimum atomic E-state index is 0.137. The third kappa shape index (κ3) is 2.24. The molecule has 15 heavy (non-hydrogen) atoms. The highest BCUT2D eigenvalue weighted by Gasteiger charge is 2.14. The third-order valence-corrected chi connectivity index (χ3v) is 2.29. The monoisotopic (exact) mass is 208 g/mol. The van der Waals surface area contributed by atoms with Gasteiger partial charge in [-0.25, -0.2) is 0 Å². The van der Waals surface area contributed by atoms with E-state index in [2.05, 4.69) is 6.58 Å². The molecule has 0 aliphatic heterocycles. The van der Waals surface area contributed by atoms with Gasteiger partial charge in [0.25, 0.3) is 0 Å². The number of phenols is 1. The van der Waals surface area contributed by atoms with Crippen molar-refractivity contribution >= 4 is 5.76 Å². The van der Waals surface area contributed by atoms with Crippen LogP contribution in [-0.4, -0.2) is 19.3 Å². The molecule has 0 saturated carbocycles. The fourth-order valence-electron chi connectivity index (χ4n) is 1.40. The highest BCUT2D eigenvalue weighted by molar-refractivity contribution is 5.70. The van der Waals surface area contributed by atoms with Crippen LogP contribution in [0.2, 0.25) is 0 Å². The summed E-state index contributed by atoms with van der Waals surface area (Å²) < 4.78 is 10.2. The van der Waals surface area contributed by atoms with E-state index in [9.17, 15) is 5.11 Å². The Morgan fingerprint density at radius 1 is 1.40 bits per heavy atom. The number of phenolic OH excluding ortho intramolecular Hbond substituents is 1. The summed E-state index contributed by atoms with van der Waals surface area (Å²) in [6.07, 6.45) is 0.837. The summed E-state index contributed by atoms with van der Waals surface area (Å²) in [4.78, 5) is 0. The Bertz CT molecular complexity index is 369. The fourth-order valence-corrected chi connectivity index (χ4v) is 1.40. The van der Waals surface area contributed by atoms with Crippen molar-refractivity contribution in [2.45, 2.75) is 13.3 Å². The number of hydrogen-bond donors (Lipinski definition) is 1. The van der Waals surface area contributed by atoms with Gasteiger partial charge in [-0.15, -0.1) is 0 Å². The molecular formula is C12H16O3. The Morgan fingerprint density at radius 2 is 2.07 bits per heavy atom. The first kappa shape index (κ1) is 11.4. The lowest BCUT2D eigenvalue weighted by Gasteiger charge is -2.13. The topological polar surface area (TPSA) is 38.7 Å². The molecule has 1 rings (SSSR count). The smallest absolute Gasteiger partial charge is 0.133 e. The standard InChI is InChI=1S/C12H16O3/c1-5-9-6-10(13)12(8(2)14-3)11(7-9)15-4/h6-7,13H,2,5H2,1,3-4H3. The van der Waals surface area contributed by atoms with E-state index < -0.39 is 0 Å². The van der Waals surface area contributed by atoms with E-state index in [-0.39, 0.29) is 5.75 Å². The summed E-state index contributed by atoms with van der Waals surface area (Å²) in [5.74, 6) is 1.11. The fraction of sp³-hybridized carbons (Fsp3) is 0.333. The predicted molar refractivity (Wildman–Crippen MR) is 60.1 cm³/mol. The van der Waals surface area contributed by atoms with Gasteiger partial charge in [0.2, 0.25) is 0 Å². The molecule has 0 fully saturated rings. The van der Waals surface area contributed by atoms with Crippen LogP contribution in [0.25, 0.3) is 5.76 Å². The molecule has 0 atom stereocenters. The largest absolute Gasteiger partial charge is 0.507 e. The molecule has 1 aromatic rings. The number of benzene rings is 1. The van der Waals surface area contributed by atoms with Gasteiger partial charge in [-0.05, 0) is 24.1 Å². The first-order valence-electron chi connectivity index (χ1n) is 4.77. The lowest BCUT2D eigenvalue weighted by Crippen LogP contribution is -1.95. The zero-order chi connectivity index (χ0) is 11.4. The Kier molecular flexibility index (Phi) is 3.61. The molecule has 0 aromatic heterocycles. The van der Waals surface area contributed by atoms with Gasteiger partial charge in [0.1, 0.15) is 17.3 Å². The minimum Gasteiger partial charge on any atom is -0.507 e. The van der Waals surface area contributed by atoms with Crippen molar-refractivity contribution in [1.29, 1.82) is 0 Å². The van der Waals surface area contributed by atoms with Crippen molar-refractivity contribution < 1.29 is 14.6 Å². The number of rotatable bonds is 4. The maximum Gasteiger partial charge on any atom is 0.133 e. The van der Waals surface area contributed by atoms with E-state index in [1.165, 1.54) is 7.11 Å². The molecule has 1 aromatic carbocycles. The zero-order valence-corrected chi connectivity index (χ0v) is 9.33. The van der Waals surface area contributed by atoms with Crippen LogP contribution in [0, 0.1) is 0 Å². The van der Waals surface area contributed by atoms with Gasteiger partial charge in [-0.3, -0.25) is 0 Å². The van der Waals surface area contributed by atoms with Crippen molar-refractivity contribution in [3.63, 3.8) is 0 Å². The van der Waals surface area contributed by atoms with Crippen molar-refractivity contribution in [1.82, 2.24) is 0 Å². The second-order valence-corrected chi connectivity index (χ2v) is 3.17. The van der Waals surface area contributed by atoms with E-state index in [1.807, 2.05) is 13.0 Å². The summed E-state index contributed by atoms with van der Waals surface area (Å²) in [5.41, 5.74) is 1.52. The minimum absolute atomic E-state index is 0.137. The van der Waals surface area contributed by atoms with Crippen LogP contribution in [0.3, 0.4) is 0 Å². The van der Waals surface area contributed by atoms with Gasteiger partial charge in [0, 0.05) is 0 Å². The summed E-state index contributed by atoms with van der Waals surface area (Å²) >= 11 is 0. The van der Waals surface area contributed by atoms with Crippen LogP contribution < -0.4 is 4.74 Å². The molecule has 0 unspecified atom stereocenters. The van der Waals surface area contributed by atoms with Gasteiger partial charge in [-0.1, -0.05) is 13.5 Å². The van der Waals surface area contributed by atoms with Crippen LogP contribution in [-0.2, 0) is 11.2 Å². The molecule has 3 nitrogen and oxygen atoms in total. The van der Waals surface area contributed by atoms with Crippen molar-refractivity contribution in [3.05, 3.63) is 29.8 Å². The van der Waals surface area contributed by atoms with E-state index in [1.54, 1.807) is 13.2 Å². The van der Waals surface area contributed by atoms with E-state index >= 15 is 0 Å². The van der Waals surface area contributed by atoms with Gasteiger partial charge < -0.3 is 14.6 Å². The molecule has 82 valence electrons. The second-order valence-electron chi connectivity index (χ2n) is 3.17. The average Bonchev–Trinajstić information content (AvgIpc) is 2.26. The van der Waals surface area contributed by atoms with Gasteiger partial charge in [0.05, 0.1) is 19.8 Å². The van der Waals surface area contributed by atoms with Gasteiger partial charge >= 0.3 is 0 Å². The molecule has 0 aliphatic carbocycles. The van der Waals surface area contributed by atoms with E-state index in [4.69, 9.17) is 9.47 Å². The van der Waals surface area contributed by atoms with Crippen LogP contribution in [0.4, 0.5) is 0 Å². The lowest BCUT2D eigenvalue weighted by molar-refractivity contribution is 0.356. The number of aryl methyl sites for hydroxylation is 1. The van der Waals surface area contributed by atoms with Crippen molar-refractivity contribution in [2.24, 2.45) is 0 Å². The predicted octanol–water partition coefficient (Wildman–Crippen LogP) is 2.58. The molecule has 0 aliphatic rings. The molecular weight excluding hydrogens is 192 g/mol. The Hall–Kier alpha value is -1.64. The van der Waals surface area contributed by atoms with Crippen molar-refractivity contribution in [2.75, 3.05) is 14.2 Å². The molecule has 1 N–H and O–H groups in total. The SMILES string of the molecule is C=C(OC)c1c(O)cc(CC)cc1OC. The van der Waals surface area contributed by atoms with Crippen LogP contribution in [0.5, 0.6) is 11.5 Å². The second kappa shape index (κ2) is 4.73. The maximum absolute atomic E-state index is 9.82. The highest BCUT2D eigenvalue weighted by Crippen LogP contribution is 2.35. The van der Waals surface area contributed by atoms with E-state index in [0.717, 1.165) is 12.0 Å². The van der Waals surface area contributed by atoms with Gasteiger partial charge in [-0.2, -0.15) is 0 Å². The molecule has 0 heterocycles. The zero-order valence-electron chi connectivity index (χ0n) is 9.33. The first-order chi connectivity index (χ1) is 7.13. The Balaban J connectivity index is 3.30. The number of ether oxygens (including phenoxy) is 2. The van der Waals surface area contributed by atoms with Crippen LogP contribution in [0.15, 0.2) is 18.7 Å². The summed E-state index contributed by atoms with van der Waals surface area (Å²) in [5, 5.41) is 9.82. The number of hydrogen-bond acceptors (Lipinski definition) is 3. The highest BCUT2D eigenvalue weighted by atomic mass is 16.5. The number of aromatic hydroxyl groups is 1. The molecule has 3 heteroatoms. The molecule has 0 spiro atoms. The normalized spacial score (nSPS) is 9.80. The summed E-state index contributed by atoms with van der Waals surface area (Å²) in [6, 6.07) is 3.57. The van der Waals surface area contributed by atoms with E-state index in [0.29, 0.717) is 17.1 Å². The van der Waals surface area contributed by atoms with Gasteiger partial charge in [0.15, 0.2) is 0 Å². The van der Waals surface area contributed by atoms with Crippen molar-refractivity contribution in [3.8, 4) is 11.5 Å². The Morgan fingerprint density at radius 3 is 2.53 bits per heavy atom. The third-order valence-electron chi connectivity index (χ3n) is 2.29. The summed E-state index contributed by atoms with van der Waals surface area (Å²) in [6.45, 7) is 5.72. The lowest BCUT2D eigenvalue weighted by atomic mass is 10.1. The average molecular weight is 208 g/mol. The Labute approximate surface area is 90.0 Å². The molecule has 0 radical (unpaired) electrons. The molecule has 0 amide bonds. The van der Waals surface area contributed by atoms with Crippen LogP contribution >= 0.6 is 0 Å². The molecule has 0 saturated heterocycles. The number of methoxy groups -OCH3 is 2. The maximum atomic E-state index is 9.82. The summed E-state index contributed by atoms with van der Waals surface area (Å²) in [7, 11) is 3.07. The molecule has 0 bridgehead atoms. The first-order valence-corrected chi connectivity index (χ1v) is 4.77. The van der Waals surface area contributed by atoms with Crippen LogP contribution in [0.1, 0.15) is 18.1 Å². The quantitative estimate of drug-likeness (QED) is 0.773.